The predicted octanol–water partition coefficient (Wildman–Crippen LogP) is 4.46. The molecule has 2 aromatic heterocycles. The normalized spacial score (nSPS) is 10.8. The summed E-state index contributed by atoms with van der Waals surface area (Å²) in [5.41, 5.74) is 1.90. The second kappa shape index (κ2) is 8.31. The fourth-order valence-corrected chi connectivity index (χ4v) is 3.92. The maximum Gasteiger partial charge on any atom is 0.234 e. The van der Waals surface area contributed by atoms with E-state index >= 15 is 0 Å². The molecule has 0 atom stereocenters. The van der Waals surface area contributed by atoms with Crippen molar-refractivity contribution in [1.82, 2.24) is 14.8 Å². The van der Waals surface area contributed by atoms with Crippen LogP contribution < -0.4 is 5.32 Å². The van der Waals surface area contributed by atoms with Gasteiger partial charge in [0.25, 0.3) is 0 Å². The number of aryl methyl sites for hydroxylation is 1. The van der Waals surface area contributed by atoms with Gasteiger partial charge in [0.1, 0.15) is 0 Å². The van der Waals surface area contributed by atoms with Crippen LogP contribution >= 0.6 is 23.1 Å². The molecule has 7 heteroatoms. The molecular formula is C18H20N4OS2. The van der Waals surface area contributed by atoms with Crippen LogP contribution in [0.5, 0.6) is 0 Å². The molecule has 0 aliphatic carbocycles. The molecule has 0 fully saturated rings. The second-order valence-electron chi connectivity index (χ2n) is 5.59. The summed E-state index contributed by atoms with van der Waals surface area (Å²) < 4.78 is 2.09. The summed E-state index contributed by atoms with van der Waals surface area (Å²) >= 11 is 3.07. The zero-order valence-electron chi connectivity index (χ0n) is 14.2. The van der Waals surface area contributed by atoms with Crippen LogP contribution in [0.3, 0.4) is 0 Å². The van der Waals surface area contributed by atoms with E-state index in [1.165, 1.54) is 11.8 Å². The Labute approximate surface area is 155 Å². The van der Waals surface area contributed by atoms with Crippen molar-refractivity contribution >= 4 is 34.7 Å². The third kappa shape index (κ3) is 4.29. The van der Waals surface area contributed by atoms with Crippen molar-refractivity contribution in [3.8, 4) is 10.7 Å². The third-order valence-electron chi connectivity index (χ3n) is 3.66. The molecule has 1 amide bonds. The molecule has 3 aromatic rings. The number of nitrogens with zero attached hydrogens (tertiary/aromatic N) is 3. The van der Waals surface area contributed by atoms with E-state index in [9.17, 15) is 4.79 Å². The van der Waals surface area contributed by atoms with E-state index in [1.807, 2.05) is 48.7 Å². The van der Waals surface area contributed by atoms with Gasteiger partial charge in [0.05, 0.1) is 10.6 Å². The summed E-state index contributed by atoms with van der Waals surface area (Å²) in [6, 6.07) is 11.8. The third-order valence-corrected chi connectivity index (χ3v) is 5.49. The van der Waals surface area contributed by atoms with Gasteiger partial charge in [-0.2, -0.15) is 0 Å². The van der Waals surface area contributed by atoms with E-state index in [2.05, 4.69) is 27.0 Å². The number of rotatable bonds is 7. The van der Waals surface area contributed by atoms with Crippen molar-refractivity contribution in [2.24, 2.45) is 0 Å². The van der Waals surface area contributed by atoms with Crippen molar-refractivity contribution < 1.29 is 4.79 Å². The Kier molecular flexibility index (Phi) is 5.88. The lowest BCUT2D eigenvalue weighted by Gasteiger charge is -2.09. The first-order valence-electron chi connectivity index (χ1n) is 8.14. The Bertz CT molecular complexity index is 843. The number of amides is 1. The minimum atomic E-state index is -0.0389. The lowest BCUT2D eigenvalue weighted by Crippen LogP contribution is -2.15. The number of benzene rings is 1. The number of thiophene rings is 1. The fraction of sp³-hybridized carbons (Fsp3) is 0.278. The van der Waals surface area contributed by atoms with Gasteiger partial charge in [0.15, 0.2) is 11.0 Å². The standard InChI is InChI=1S/C18H20N4OS2/c1-3-10-22-17(15-9-6-11-24-15)20-21-18(22)25-12-16(23)19-14-8-5-4-7-13(14)2/h4-9,11H,3,10,12H2,1-2H3,(H,19,23). The number of para-hydroxylation sites is 1. The van der Waals surface area contributed by atoms with E-state index < -0.39 is 0 Å². The van der Waals surface area contributed by atoms with E-state index in [0.717, 1.165) is 40.1 Å². The first kappa shape index (κ1) is 17.7. The van der Waals surface area contributed by atoms with E-state index in [1.54, 1.807) is 11.3 Å². The molecule has 3 rings (SSSR count). The number of carbonyl (C=O) groups excluding carboxylic acids is 1. The van der Waals surface area contributed by atoms with Gasteiger partial charge < -0.3 is 9.88 Å². The first-order chi connectivity index (χ1) is 12.2. The Morgan fingerprint density at radius 1 is 1.24 bits per heavy atom. The number of thioether (sulfide) groups is 1. The Morgan fingerprint density at radius 2 is 2.08 bits per heavy atom. The molecule has 0 aliphatic heterocycles. The second-order valence-corrected chi connectivity index (χ2v) is 7.48. The van der Waals surface area contributed by atoms with Crippen LogP contribution in [-0.2, 0) is 11.3 Å². The summed E-state index contributed by atoms with van der Waals surface area (Å²) in [7, 11) is 0. The molecule has 0 bridgehead atoms. The minimum absolute atomic E-state index is 0.0389. The summed E-state index contributed by atoms with van der Waals surface area (Å²) in [6.45, 7) is 4.94. The predicted molar refractivity (Wildman–Crippen MR) is 104 cm³/mol. The van der Waals surface area contributed by atoms with Crippen molar-refractivity contribution in [2.45, 2.75) is 32.0 Å². The molecule has 0 radical (unpaired) electrons. The Morgan fingerprint density at radius 3 is 2.80 bits per heavy atom. The highest BCUT2D eigenvalue weighted by atomic mass is 32.2. The summed E-state index contributed by atoms with van der Waals surface area (Å²) in [5.74, 6) is 1.14. The van der Waals surface area contributed by atoms with E-state index in [4.69, 9.17) is 0 Å². The molecule has 25 heavy (non-hydrogen) atoms. The van der Waals surface area contributed by atoms with Gasteiger partial charge in [-0.25, -0.2) is 0 Å². The van der Waals surface area contributed by atoms with Gasteiger partial charge in [-0.3, -0.25) is 4.79 Å². The van der Waals surface area contributed by atoms with Crippen LogP contribution in [0.4, 0.5) is 5.69 Å². The average molecular weight is 373 g/mol. The van der Waals surface area contributed by atoms with Crippen molar-refractivity contribution in [3.05, 3.63) is 47.3 Å². The number of hydrogen-bond acceptors (Lipinski definition) is 5. The van der Waals surface area contributed by atoms with Gasteiger partial charge >= 0.3 is 0 Å². The van der Waals surface area contributed by atoms with Gasteiger partial charge in [0.2, 0.25) is 5.91 Å². The van der Waals surface area contributed by atoms with Crippen molar-refractivity contribution in [2.75, 3.05) is 11.1 Å². The number of carbonyl (C=O) groups is 1. The van der Waals surface area contributed by atoms with Crippen LogP contribution in [0.2, 0.25) is 0 Å². The van der Waals surface area contributed by atoms with Gasteiger partial charge in [0, 0.05) is 12.2 Å². The number of aromatic nitrogens is 3. The zero-order chi connectivity index (χ0) is 17.6. The largest absolute Gasteiger partial charge is 0.325 e. The van der Waals surface area contributed by atoms with E-state index in [-0.39, 0.29) is 5.91 Å². The van der Waals surface area contributed by atoms with Crippen LogP contribution in [0, 0.1) is 6.92 Å². The highest BCUT2D eigenvalue weighted by Crippen LogP contribution is 2.27. The van der Waals surface area contributed by atoms with Gasteiger partial charge in [-0.1, -0.05) is 43.0 Å². The van der Waals surface area contributed by atoms with E-state index in [0.29, 0.717) is 5.75 Å². The topological polar surface area (TPSA) is 59.8 Å². The molecule has 130 valence electrons. The number of nitrogens with one attached hydrogen (secondary N) is 1. The van der Waals surface area contributed by atoms with Crippen molar-refractivity contribution in [1.29, 1.82) is 0 Å². The smallest absolute Gasteiger partial charge is 0.234 e. The molecule has 0 saturated heterocycles. The number of anilines is 1. The van der Waals surface area contributed by atoms with Crippen LogP contribution in [-0.4, -0.2) is 26.4 Å². The highest BCUT2D eigenvalue weighted by molar-refractivity contribution is 7.99. The summed E-state index contributed by atoms with van der Waals surface area (Å²) in [4.78, 5) is 13.3. The average Bonchev–Trinajstić information content (AvgIpc) is 3.25. The van der Waals surface area contributed by atoms with Gasteiger partial charge in [-0.15, -0.1) is 21.5 Å². The molecule has 2 heterocycles. The fourth-order valence-electron chi connectivity index (χ4n) is 2.44. The molecule has 0 spiro atoms. The first-order valence-corrected chi connectivity index (χ1v) is 10.0. The van der Waals surface area contributed by atoms with Gasteiger partial charge in [-0.05, 0) is 36.4 Å². The molecule has 1 N–H and O–H groups in total. The molecule has 0 aliphatic rings. The molecular weight excluding hydrogens is 352 g/mol. The van der Waals surface area contributed by atoms with Crippen LogP contribution in [0.1, 0.15) is 18.9 Å². The Balaban J connectivity index is 1.68. The lowest BCUT2D eigenvalue weighted by molar-refractivity contribution is -0.113. The SMILES string of the molecule is CCCn1c(SCC(=O)Nc2ccccc2C)nnc1-c1cccs1. The molecule has 5 nitrogen and oxygen atoms in total. The zero-order valence-corrected chi connectivity index (χ0v) is 15.9. The highest BCUT2D eigenvalue weighted by Gasteiger charge is 2.16. The summed E-state index contributed by atoms with van der Waals surface area (Å²) in [5, 5.41) is 14.4. The quantitative estimate of drug-likeness (QED) is 0.622. The summed E-state index contributed by atoms with van der Waals surface area (Å²) in [6.07, 6.45) is 0.985. The lowest BCUT2D eigenvalue weighted by atomic mass is 10.2. The van der Waals surface area contributed by atoms with Crippen LogP contribution in [0.25, 0.3) is 10.7 Å². The molecule has 1 aromatic carbocycles. The minimum Gasteiger partial charge on any atom is -0.325 e. The molecule has 0 saturated carbocycles. The molecule has 0 unspecified atom stereocenters. The Hall–Kier alpha value is -2.12. The monoisotopic (exact) mass is 372 g/mol. The number of hydrogen-bond donors (Lipinski definition) is 1. The van der Waals surface area contributed by atoms with Crippen molar-refractivity contribution in [3.63, 3.8) is 0 Å². The van der Waals surface area contributed by atoms with Crippen LogP contribution in [0.15, 0.2) is 46.9 Å². The maximum absolute atomic E-state index is 12.3. The maximum atomic E-state index is 12.3.